The third-order valence-corrected chi connectivity index (χ3v) is 2.71. The highest BCUT2D eigenvalue weighted by Gasteiger charge is 2.17. The van der Waals surface area contributed by atoms with Crippen LogP contribution >= 0.6 is 11.6 Å². The molecular formula is C11H11ClFN3O. The van der Waals surface area contributed by atoms with E-state index in [0.29, 0.717) is 11.3 Å². The molecule has 0 saturated heterocycles. The van der Waals surface area contributed by atoms with E-state index >= 15 is 0 Å². The summed E-state index contributed by atoms with van der Waals surface area (Å²) in [4.78, 5) is 0. The molecule has 6 heteroatoms. The highest BCUT2D eigenvalue weighted by Crippen LogP contribution is 2.30. The summed E-state index contributed by atoms with van der Waals surface area (Å²) < 4.78 is 15.3. The van der Waals surface area contributed by atoms with Gasteiger partial charge < -0.3 is 5.11 Å². The molecule has 1 aromatic heterocycles. The molecule has 1 N–H and O–H groups in total. The molecule has 0 unspecified atom stereocenters. The lowest BCUT2D eigenvalue weighted by Gasteiger charge is -2.13. The molecule has 0 aliphatic carbocycles. The molecule has 0 bridgehead atoms. The molecule has 0 amide bonds. The molecule has 1 heterocycles. The molecule has 2 rings (SSSR count). The van der Waals surface area contributed by atoms with Gasteiger partial charge in [0.1, 0.15) is 5.82 Å². The Morgan fingerprint density at radius 3 is 2.65 bits per heavy atom. The Bertz CT molecular complexity index is 554. The lowest BCUT2D eigenvalue weighted by Crippen LogP contribution is -2.05. The predicted octanol–water partition coefficient (Wildman–Crippen LogP) is 2.89. The van der Waals surface area contributed by atoms with Crippen molar-refractivity contribution in [3.63, 3.8) is 0 Å². The van der Waals surface area contributed by atoms with Gasteiger partial charge in [-0.1, -0.05) is 35.8 Å². The number of aromatic nitrogens is 3. The molecule has 2 aromatic rings. The van der Waals surface area contributed by atoms with Crippen molar-refractivity contribution in [2.45, 2.75) is 19.8 Å². The summed E-state index contributed by atoms with van der Waals surface area (Å²) in [5, 5.41) is 16.4. The van der Waals surface area contributed by atoms with Crippen LogP contribution in [0, 0.1) is 5.82 Å². The summed E-state index contributed by atoms with van der Waals surface area (Å²) in [6.45, 7) is 3.71. The van der Waals surface area contributed by atoms with E-state index in [9.17, 15) is 4.39 Å². The van der Waals surface area contributed by atoms with Crippen LogP contribution in [0.15, 0.2) is 18.3 Å². The molecule has 4 nitrogen and oxygen atoms in total. The van der Waals surface area contributed by atoms with Crippen LogP contribution in [0.4, 0.5) is 4.39 Å². The number of aromatic hydroxyl groups is 1. The van der Waals surface area contributed by atoms with Gasteiger partial charge in [0.05, 0.1) is 16.9 Å². The van der Waals surface area contributed by atoms with Gasteiger partial charge in [0, 0.05) is 5.56 Å². The minimum atomic E-state index is -0.464. The zero-order valence-electron chi connectivity index (χ0n) is 9.35. The maximum absolute atomic E-state index is 13.9. The molecule has 0 aliphatic rings. The van der Waals surface area contributed by atoms with Crippen LogP contribution in [-0.2, 0) is 0 Å². The lowest BCUT2D eigenvalue weighted by atomic mass is 10.0. The fraction of sp³-hybridized carbons (Fsp3) is 0.273. The Hall–Kier alpha value is -1.62. The van der Waals surface area contributed by atoms with Gasteiger partial charge in [0.25, 0.3) is 5.88 Å². The first-order chi connectivity index (χ1) is 8.00. The first-order valence-electron chi connectivity index (χ1n) is 5.10. The topological polar surface area (TPSA) is 50.9 Å². The third-order valence-electron chi connectivity index (χ3n) is 2.42. The number of halogens is 2. The van der Waals surface area contributed by atoms with Crippen molar-refractivity contribution in [3.8, 4) is 11.6 Å². The molecule has 0 fully saturated rings. The Morgan fingerprint density at radius 2 is 2.12 bits per heavy atom. The fourth-order valence-corrected chi connectivity index (χ4v) is 1.84. The molecule has 0 aliphatic heterocycles. The number of benzene rings is 1. The van der Waals surface area contributed by atoms with Crippen LogP contribution in [0.3, 0.4) is 0 Å². The molecule has 1 aromatic carbocycles. The van der Waals surface area contributed by atoms with Crippen molar-refractivity contribution in [2.75, 3.05) is 0 Å². The minimum Gasteiger partial charge on any atom is -0.491 e. The Labute approximate surface area is 103 Å². The molecule has 0 radical (unpaired) electrons. The summed E-state index contributed by atoms with van der Waals surface area (Å²) in [6.07, 6.45) is 1.31. The quantitative estimate of drug-likeness (QED) is 0.898. The second-order valence-electron chi connectivity index (χ2n) is 3.97. The van der Waals surface area contributed by atoms with Gasteiger partial charge >= 0.3 is 0 Å². The fourth-order valence-electron chi connectivity index (χ4n) is 1.68. The van der Waals surface area contributed by atoms with Crippen LogP contribution in [0.2, 0.25) is 5.02 Å². The van der Waals surface area contributed by atoms with Crippen LogP contribution in [0.5, 0.6) is 5.88 Å². The average Bonchev–Trinajstić information content (AvgIpc) is 2.68. The Morgan fingerprint density at radius 1 is 1.41 bits per heavy atom. The van der Waals surface area contributed by atoms with Crippen LogP contribution < -0.4 is 0 Å². The van der Waals surface area contributed by atoms with Crippen LogP contribution in [0.1, 0.15) is 25.3 Å². The molecule has 0 saturated carbocycles. The SMILES string of the molecule is CC(C)c1c(-n2cc(O)nn2)ccc(Cl)c1F. The van der Waals surface area contributed by atoms with Gasteiger partial charge in [-0.3, -0.25) is 0 Å². The zero-order chi connectivity index (χ0) is 12.6. The lowest BCUT2D eigenvalue weighted by molar-refractivity contribution is 0.452. The van der Waals surface area contributed by atoms with E-state index in [1.54, 1.807) is 6.07 Å². The second-order valence-corrected chi connectivity index (χ2v) is 4.38. The Balaban J connectivity index is 2.65. The van der Waals surface area contributed by atoms with E-state index in [1.165, 1.54) is 16.9 Å². The first kappa shape index (κ1) is 11.9. The first-order valence-corrected chi connectivity index (χ1v) is 5.48. The van der Waals surface area contributed by atoms with Gasteiger partial charge in [-0.15, -0.1) is 0 Å². The maximum Gasteiger partial charge on any atom is 0.251 e. The van der Waals surface area contributed by atoms with Gasteiger partial charge in [-0.05, 0) is 18.1 Å². The van der Waals surface area contributed by atoms with Gasteiger partial charge in [-0.2, -0.15) is 0 Å². The Kier molecular flexibility index (Phi) is 3.02. The number of hydrogen-bond acceptors (Lipinski definition) is 3. The van der Waals surface area contributed by atoms with E-state index in [4.69, 9.17) is 16.7 Å². The normalized spacial score (nSPS) is 11.1. The van der Waals surface area contributed by atoms with Crippen LogP contribution in [-0.4, -0.2) is 20.1 Å². The van der Waals surface area contributed by atoms with E-state index in [-0.39, 0.29) is 16.8 Å². The summed E-state index contributed by atoms with van der Waals surface area (Å²) >= 11 is 5.75. The predicted molar refractivity (Wildman–Crippen MR) is 62.1 cm³/mol. The standard InChI is InChI=1S/C11H11ClFN3O/c1-6(2)10-8(4-3-7(12)11(10)13)16-5-9(17)14-15-16/h3-6,17H,1-2H3. The van der Waals surface area contributed by atoms with E-state index < -0.39 is 5.82 Å². The largest absolute Gasteiger partial charge is 0.491 e. The summed E-state index contributed by atoms with van der Waals surface area (Å²) in [6, 6.07) is 3.10. The summed E-state index contributed by atoms with van der Waals surface area (Å²) in [5.41, 5.74) is 0.970. The number of hydrogen-bond donors (Lipinski definition) is 1. The highest BCUT2D eigenvalue weighted by atomic mass is 35.5. The van der Waals surface area contributed by atoms with Crippen molar-refractivity contribution in [1.82, 2.24) is 15.0 Å². The van der Waals surface area contributed by atoms with Gasteiger partial charge in [0.2, 0.25) is 0 Å². The summed E-state index contributed by atoms with van der Waals surface area (Å²) in [5.74, 6) is -0.737. The molecular weight excluding hydrogens is 245 g/mol. The van der Waals surface area contributed by atoms with E-state index in [1.807, 2.05) is 13.8 Å². The van der Waals surface area contributed by atoms with Gasteiger partial charge in [0.15, 0.2) is 0 Å². The van der Waals surface area contributed by atoms with Crippen molar-refractivity contribution in [1.29, 1.82) is 0 Å². The third kappa shape index (κ3) is 2.10. The van der Waals surface area contributed by atoms with Crippen molar-refractivity contribution in [2.24, 2.45) is 0 Å². The van der Waals surface area contributed by atoms with Crippen LogP contribution in [0.25, 0.3) is 5.69 Å². The van der Waals surface area contributed by atoms with E-state index in [2.05, 4.69) is 10.3 Å². The molecule has 0 spiro atoms. The van der Waals surface area contributed by atoms with Crippen molar-refractivity contribution >= 4 is 11.6 Å². The molecule has 17 heavy (non-hydrogen) atoms. The zero-order valence-corrected chi connectivity index (χ0v) is 10.1. The average molecular weight is 256 g/mol. The van der Waals surface area contributed by atoms with Gasteiger partial charge in [-0.25, -0.2) is 9.07 Å². The molecule has 90 valence electrons. The van der Waals surface area contributed by atoms with E-state index in [0.717, 1.165) is 0 Å². The maximum atomic E-state index is 13.9. The summed E-state index contributed by atoms with van der Waals surface area (Å²) in [7, 11) is 0. The molecule has 0 atom stereocenters. The number of rotatable bonds is 2. The number of nitrogens with zero attached hydrogens (tertiary/aromatic N) is 3. The minimum absolute atomic E-state index is 0.0601. The second kappa shape index (κ2) is 4.33. The smallest absolute Gasteiger partial charge is 0.251 e. The highest BCUT2D eigenvalue weighted by molar-refractivity contribution is 6.30. The van der Waals surface area contributed by atoms with Crippen molar-refractivity contribution < 1.29 is 9.50 Å². The van der Waals surface area contributed by atoms with Crippen molar-refractivity contribution in [3.05, 3.63) is 34.7 Å². The monoisotopic (exact) mass is 255 g/mol.